The van der Waals surface area contributed by atoms with Gasteiger partial charge in [-0.25, -0.2) is 0 Å². The molecule has 0 atom stereocenters. The second kappa shape index (κ2) is 6.28. The van der Waals surface area contributed by atoms with Gasteiger partial charge in [0.05, 0.1) is 5.56 Å². The van der Waals surface area contributed by atoms with Crippen molar-refractivity contribution in [1.82, 2.24) is 0 Å². The molecule has 16 heavy (non-hydrogen) atoms. The average molecular weight is 241 g/mol. The van der Waals surface area contributed by atoms with Crippen molar-refractivity contribution >= 4 is 23.4 Å². The Morgan fingerprint density at radius 2 is 2.00 bits per heavy atom. The fraction of sp³-hybridized carbons (Fsp3) is 0.333. The number of carbonyl (C=O) groups is 2. The van der Waals surface area contributed by atoms with Crippen LogP contribution < -0.4 is 4.74 Å². The lowest BCUT2D eigenvalue weighted by atomic mass is 10.1. The van der Waals surface area contributed by atoms with Gasteiger partial charge in [0.2, 0.25) is 0 Å². The summed E-state index contributed by atoms with van der Waals surface area (Å²) in [5.74, 6) is 0.244. The fourth-order valence-electron chi connectivity index (χ4n) is 1.23. The highest BCUT2D eigenvalue weighted by Gasteiger charge is 2.11. The topological polar surface area (TPSA) is 43.4 Å². The Morgan fingerprint density at radius 3 is 2.62 bits per heavy atom. The van der Waals surface area contributed by atoms with E-state index in [-0.39, 0.29) is 18.2 Å². The zero-order valence-corrected chi connectivity index (χ0v) is 9.79. The molecule has 0 saturated heterocycles. The summed E-state index contributed by atoms with van der Waals surface area (Å²) in [7, 11) is 0. The highest BCUT2D eigenvalue weighted by Crippen LogP contribution is 2.19. The van der Waals surface area contributed by atoms with E-state index in [9.17, 15) is 9.59 Å². The average Bonchev–Trinajstić information content (AvgIpc) is 2.27. The molecule has 0 N–H and O–H groups in total. The highest BCUT2D eigenvalue weighted by atomic mass is 35.5. The standard InChI is InChI=1S/C12H13ClO3/c1-9(14)10-5-2-3-6-11(10)16-12(15)7-4-8-13/h2-3,5-6H,4,7-8H2,1H3. The number of rotatable bonds is 5. The van der Waals surface area contributed by atoms with Crippen LogP contribution in [0.3, 0.4) is 0 Å². The van der Waals surface area contributed by atoms with Crippen molar-refractivity contribution in [3.05, 3.63) is 29.8 Å². The molecule has 0 radical (unpaired) electrons. The third-order valence-corrected chi connectivity index (χ3v) is 2.27. The van der Waals surface area contributed by atoms with E-state index in [2.05, 4.69) is 0 Å². The van der Waals surface area contributed by atoms with E-state index in [4.69, 9.17) is 16.3 Å². The molecule has 0 unspecified atom stereocenters. The molecule has 0 aromatic heterocycles. The second-order valence-corrected chi connectivity index (χ2v) is 3.70. The summed E-state index contributed by atoms with van der Waals surface area (Å²) in [4.78, 5) is 22.6. The van der Waals surface area contributed by atoms with Gasteiger partial charge in [0, 0.05) is 12.3 Å². The van der Waals surface area contributed by atoms with Crippen LogP contribution in [-0.2, 0) is 4.79 Å². The van der Waals surface area contributed by atoms with E-state index >= 15 is 0 Å². The number of ketones is 1. The number of para-hydroxylation sites is 1. The van der Waals surface area contributed by atoms with E-state index in [0.29, 0.717) is 23.6 Å². The first-order valence-corrected chi connectivity index (χ1v) is 5.55. The molecule has 1 rings (SSSR count). The van der Waals surface area contributed by atoms with Gasteiger partial charge in [-0.1, -0.05) is 12.1 Å². The molecule has 0 fully saturated rings. The second-order valence-electron chi connectivity index (χ2n) is 3.32. The predicted octanol–water partition coefficient (Wildman–Crippen LogP) is 2.81. The van der Waals surface area contributed by atoms with Crippen molar-refractivity contribution in [2.75, 3.05) is 5.88 Å². The van der Waals surface area contributed by atoms with Crippen LogP contribution in [0, 0.1) is 0 Å². The molecule has 0 bridgehead atoms. The summed E-state index contributed by atoms with van der Waals surface area (Å²) in [6.07, 6.45) is 0.832. The molecule has 3 nitrogen and oxygen atoms in total. The summed E-state index contributed by atoms with van der Waals surface area (Å²) < 4.78 is 5.09. The van der Waals surface area contributed by atoms with Crippen LogP contribution in [0.25, 0.3) is 0 Å². The van der Waals surface area contributed by atoms with Crippen molar-refractivity contribution in [3.8, 4) is 5.75 Å². The Morgan fingerprint density at radius 1 is 1.31 bits per heavy atom. The zero-order chi connectivity index (χ0) is 12.0. The summed E-state index contributed by atoms with van der Waals surface area (Å²) >= 11 is 5.47. The Kier molecular flexibility index (Phi) is 4.99. The molecule has 1 aromatic carbocycles. The van der Waals surface area contributed by atoms with Crippen molar-refractivity contribution in [2.24, 2.45) is 0 Å². The predicted molar refractivity (Wildman–Crippen MR) is 62.0 cm³/mol. The molecular formula is C12H13ClO3. The number of Topliss-reactive ketones (excluding diaryl/α,β-unsaturated/α-hetero) is 1. The Labute approximate surface area is 99.4 Å². The van der Waals surface area contributed by atoms with Gasteiger partial charge in [0.15, 0.2) is 5.78 Å². The molecule has 1 aromatic rings. The SMILES string of the molecule is CC(=O)c1ccccc1OC(=O)CCCCl. The third-order valence-electron chi connectivity index (χ3n) is 2.00. The number of hydrogen-bond acceptors (Lipinski definition) is 3. The maximum atomic E-state index is 11.4. The Bertz CT molecular complexity index is 388. The molecule has 86 valence electrons. The number of carbonyl (C=O) groups excluding carboxylic acids is 2. The molecule has 0 spiro atoms. The van der Waals surface area contributed by atoms with Crippen LogP contribution in [0.1, 0.15) is 30.1 Å². The monoisotopic (exact) mass is 240 g/mol. The smallest absolute Gasteiger partial charge is 0.311 e. The first-order chi connectivity index (χ1) is 7.65. The van der Waals surface area contributed by atoms with Gasteiger partial charge >= 0.3 is 5.97 Å². The lowest BCUT2D eigenvalue weighted by Gasteiger charge is -2.07. The number of benzene rings is 1. The van der Waals surface area contributed by atoms with Crippen LogP contribution >= 0.6 is 11.6 Å². The summed E-state index contributed by atoms with van der Waals surface area (Å²) in [5, 5.41) is 0. The van der Waals surface area contributed by atoms with Crippen molar-refractivity contribution < 1.29 is 14.3 Å². The number of ether oxygens (including phenoxy) is 1. The number of esters is 1. The van der Waals surface area contributed by atoms with Crippen LogP contribution in [0.4, 0.5) is 0 Å². The van der Waals surface area contributed by atoms with Gasteiger partial charge in [-0.2, -0.15) is 0 Å². The lowest BCUT2D eigenvalue weighted by molar-refractivity contribution is -0.134. The van der Waals surface area contributed by atoms with Gasteiger partial charge in [-0.3, -0.25) is 9.59 Å². The quantitative estimate of drug-likeness (QED) is 0.344. The van der Waals surface area contributed by atoms with E-state index in [1.54, 1.807) is 24.3 Å². The van der Waals surface area contributed by atoms with Crippen molar-refractivity contribution in [1.29, 1.82) is 0 Å². The minimum atomic E-state index is -0.366. The first kappa shape index (κ1) is 12.7. The summed E-state index contributed by atoms with van der Waals surface area (Å²) in [5.41, 5.74) is 0.418. The van der Waals surface area contributed by atoms with Gasteiger partial charge < -0.3 is 4.74 Å². The molecular weight excluding hydrogens is 228 g/mol. The number of hydrogen-bond donors (Lipinski definition) is 0. The first-order valence-electron chi connectivity index (χ1n) is 5.01. The summed E-state index contributed by atoms with van der Waals surface area (Å²) in [6.45, 7) is 1.44. The molecule has 0 heterocycles. The summed E-state index contributed by atoms with van der Waals surface area (Å²) in [6, 6.07) is 6.69. The van der Waals surface area contributed by atoms with Crippen LogP contribution in [0.2, 0.25) is 0 Å². The van der Waals surface area contributed by atoms with E-state index in [1.807, 2.05) is 0 Å². The molecule has 0 saturated carbocycles. The number of alkyl halides is 1. The van der Waals surface area contributed by atoms with Gasteiger partial charge in [0.25, 0.3) is 0 Å². The maximum absolute atomic E-state index is 11.4. The Balaban J connectivity index is 2.73. The molecule has 0 amide bonds. The fourth-order valence-corrected chi connectivity index (χ4v) is 1.36. The third kappa shape index (κ3) is 3.66. The zero-order valence-electron chi connectivity index (χ0n) is 9.03. The van der Waals surface area contributed by atoms with E-state index < -0.39 is 0 Å². The minimum absolute atomic E-state index is 0.124. The van der Waals surface area contributed by atoms with Crippen LogP contribution in [0.5, 0.6) is 5.75 Å². The maximum Gasteiger partial charge on any atom is 0.311 e. The molecule has 4 heteroatoms. The van der Waals surface area contributed by atoms with Gasteiger partial charge in [-0.05, 0) is 25.5 Å². The lowest BCUT2D eigenvalue weighted by Crippen LogP contribution is -2.10. The van der Waals surface area contributed by atoms with Gasteiger partial charge in [0.1, 0.15) is 5.75 Å². The Hall–Kier alpha value is -1.35. The largest absolute Gasteiger partial charge is 0.426 e. The van der Waals surface area contributed by atoms with Crippen molar-refractivity contribution in [3.63, 3.8) is 0 Å². The van der Waals surface area contributed by atoms with Crippen LogP contribution in [-0.4, -0.2) is 17.6 Å². The molecule has 0 aliphatic rings. The number of halogens is 1. The minimum Gasteiger partial charge on any atom is -0.426 e. The van der Waals surface area contributed by atoms with Crippen molar-refractivity contribution in [2.45, 2.75) is 19.8 Å². The van der Waals surface area contributed by atoms with Crippen LogP contribution in [0.15, 0.2) is 24.3 Å². The van der Waals surface area contributed by atoms with E-state index in [0.717, 1.165) is 0 Å². The van der Waals surface area contributed by atoms with E-state index in [1.165, 1.54) is 6.92 Å². The molecule has 0 aliphatic carbocycles. The molecule has 0 aliphatic heterocycles. The van der Waals surface area contributed by atoms with Gasteiger partial charge in [-0.15, -0.1) is 11.6 Å². The highest BCUT2D eigenvalue weighted by molar-refractivity contribution is 6.17. The normalized spacial score (nSPS) is 9.88.